The molecule has 162 valence electrons. The molecule has 1 fully saturated rings. The number of fused-ring (bicyclic) bond motifs is 1. The number of aliphatic hydroxyl groups is 1. The van der Waals surface area contributed by atoms with Gasteiger partial charge in [-0.25, -0.2) is 4.52 Å². The van der Waals surface area contributed by atoms with Crippen LogP contribution in [0.2, 0.25) is 0 Å². The maximum absolute atomic E-state index is 12.9. The van der Waals surface area contributed by atoms with Gasteiger partial charge < -0.3 is 10.4 Å². The summed E-state index contributed by atoms with van der Waals surface area (Å²) in [7, 11) is 0. The van der Waals surface area contributed by atoms with Crippen molar-refractivity contribution in [3.63, 3.8) is 0 Å². The lowest BCUT2D eigenvalue weighted by molar-refractivity contribution is 0.0713. The summed E-state index contributed by atoms with van der Waals surface area (Å²) in [5.74, 6) is -0.235. The number of hydrogen-bond acceptors (Lipinski definition) is 4. The fourth-order valence-electron chi connectivity index (χ4n) is 4.45. The monoisotopic (exact) mass is 426 g/mol. The van der Waals surface area contributed by atoms with Crippen molar-refractivity contribution in [1.29, 1.82) is 0 Å². The smallest absolute Gasteiger partial charge is 0.272 e. The second-order valence-corrected chi connectivity index (χ2v) is 8.43. The number of benzene rings is 1. The van der Waals surface area contributed by atoms with Crippen molar-refractivity contribution in [3.8, 4) is 11.1 Å². The molecular weight excluding hydrogens is 400 g/mol. The molecule has 1 aliphatic rings. The second-order valence-electron chi connectivity index (χ2n) is 8.43. The molecule has 0 aliphatic heterocycles. The zero-order valence-electron chi connectivity index (χ0n) is 17.8. The molecule has 0 bridgehead atoms. The van der Waals surface area contributed by atoms with Crippen LogP contribution in [0.15, 0.2) is 73.2 Å². The molecule has 1 aliphatic carbocycles. The maximum Gasteiger partial charge on any atom is 0.272 e. The Hall–Kier alpha value is -3.51. The van der Waals surface area contributed by atoms with Crippen molar-refractivity contribution in [1.82, 2.24) is 19.9 Å². The van der Waals surface area contributed by atoms with E-state index in [1.54, 1.807) is 16.9 Å². The minimum atomic E-state index is -0.485. The van der Waals surface area contributed by atoms with E-state index >= 15 is 0 Å². The van der Waals surface area contributed by atoms with Crippen molar-refractivity contribution in [3.05, 3.63) is 90.0 Å². The zero-order valence-corrected chi connectivity index (χ0v) is 17.8. The summed E-state index contributed by atoms with van der Waals surface area (Å²) in [5, 5.41) is 17.7. The summed E-state index contributed by atoms with van der Waals surface area (Å²) in [6.07, 6.45) is 9.21. The minimum absolute atomic E-state index is 0.206. The van der Waals surface area contributed by atoms with Gasteiger partial charge in [-0.3, -0.25) is 9.78 Å². The average Bonchev–Trinajstić information content (AvgIpc) is 3.31. The number of nitrogens with zero attached hydrogens (tertiary/aromatic N) is 3. The number of aliphatic hydroxyl groups excluding tert-OH is 1. The number of nitrogens with one attached hydrogen (secondary N) is 1. The van der Waals surface area contributed by atoms with E-state index in [1.165, 1.54) is 0 Å². The number of amides is 1. The maximum atomic E-state index is 12.9. The summed E-state index contributed by atoms with van der Waals surface area (Å²) in [5.41, 5.74) is 5.83. The van der Waals surface area contributed by atoms with Gasteiger partial charge in [-0.15, -0.1) is 0 Å². The lowest BCUT2D eigenvalue weighted by Crippen LogP contribution is -2.45. The predicted molar refractivity (Wildman–Crippen MR) is 123 cm³/mol. The van der Waals surface area contributed by atoms with E-state index < -0.39 is 6.10 Å². The molecule has 4 aromatic rings. The first-order valence-electron chi connectivity index (χ1n) is 11.1. The van der Waals surface area contributed by atoms with Crippen LogP contribution in [0.4, 0.5) is 0 Å². The van der Waals surface area contributed by atoms with Crippen LogP contribution in [-0.4, -0.2) is 37.8 Å². The van der Waals surface area contributed by atoms with Crippen molar-refractivity contribution in [2.24, 2.45) is 0 Å². The van der Waals surface area contributed by atoms with Gasteiger partial charge in [0.25, 0.3) is 5.91 Å². The lowest BCUT2D eigenvalue weighted by Gasteiger charge is -2.28. The summed E-state index contributed by atoms with van der Waals surface area (Å²) in [6.45, 7) is 0. The highest BCUT2D eigenvalue weighted by atomic mass is 16.3. The van der Waals surface area contributed by atoms with Gasteiger partial charge in [0.1, 0.15) is 5.69 Å². The Labute approximate surface area is 186 Å². The molecule has 3 heterocycles. The third-order valence-electron chi connectivity index (χ3n) is 6.22. The molecule has 32 heavy (non-hydrogen) atoms. The molecular formula is C26H26N4O2. The van der Waals surface area contributed by atoms with Crippen LogP contribution in [0.1, 0.15) is 47.3 Å². The normalized spacial score (nSPS) is 18.5. The first-order chi connectivity index (χ1) is 15.7. The Balaban J connectivity index is 1.39. The lowest BCUT2D eigenvalue weighted by atomic mass is 9.92. The third-order valence-corrected chi connectivity index (χ3v) is 6.22. The zero-order chi connectivity index (χ0) is 21.9. The number of rotatable bonds is 5. The highest BCUT2D eigenvalue weighted by Crippen LogP contribution is 2.23. The largest absolute Gasteiger partial charge is 0.391 e. The molecule has 0 radical (unpaired) electrons. The first-order valence-corrected chi connectivity index (χ1v) is 11.1. The first kappa shape index (κ1) is 20.4. The van der Waals surface area contributed by atoms with Crippen molar-refractivity contribution >= 4 is 11.4 Å². The number of carbonyl (C=O) groups is 1. The Kier molecular flexibility index (Phi) is 5.69. The van der Waals surface area contributed by atoms with E-state index in [9.17, 15) is 9.90 Å². The molecule has 2 atom stereocenters. The van der Waals surface area contributed by atoms with Gasteiger partial charge in [0, 0.05) is 18.6 Å². The van der Waals surface area contributed by atoms with Crippen LogP contribution in [0.5, 0.6) is 0 Å². The van der Waals surface area contributed by atoms with Gasteiger partial charge in [-0.05, 0) is 71.8 Å². The number of hydrogen-bond donors (Lipinski definition) is 2. The number of carbonyl (C=O) groups excluding carboxylic acids is 1. The van der Waals surface area contributed by atoms with E-state index in [-0.39, 0.29) is 11.9 Å². The molecule has 0 saturated heterocycles. The van der Waals surface area contributed by atoms with Crippen LogP contribution >= 0.6 is 0 Å². The minimum Gasteiger partial charge on any atom is -0.391 e. The standard InChI is InChI=1S/C26H26N4O2/c31-25-6-2-1-4-22(25)28-26(32)23-17-21(24-5-3-15-30(24)29-23)16-18-7-9-19(10-8-18)20-11-13-27-14-12-20/h3,5,7-15,17,22,25,31H,1-2,4,6,16H2,(H,28,32)/t22-,25-/m1/s1. The molecule has 6 heteroatoms. The number of aromatic nitrogens is 3. The Morgan fingerprint density at radius 3 is 2.56 bits per heavy atom. The topological polar surface area (TPSA) is 79.5 Å². The fraction of sp³-hybridized carbons (Fsp3) is 0.269. The van der Waals surface area contributed by atoms with Gasteiger partial charge in [-0.1, -0.05) is 37.1 Å². The number of pyridine rings is 1. The summed E-state index contributed by atoms with van der Waals surface area (Å²) in [6, 6.07) is 18.1. The molecule has 0 unspecified atom stereocenters. The van der Waals surface area contributed by atoms with E-state index in [2.05, 4.69) is 39.7 Å². The van der Waals surface area contributed by atoms with Crippen molar-refractivity contribution in [2.45, 2.75) is 44.2 Å². The van der Waals surface area contributed by atoms with E-state index in [4.69, 9.17) is 0 Å². The fourth-order valence-corrected chi connectivity index (χ4v) is 4.45. The van der Waals surface area contributed by atoms with E-state index in [0.717, 1.165) is 53.5 Å². The molecule has 6 nitrogen and oxygen atoms in total. The van der Waals surface area contributed by atoms with Gasteiger partial charge >= 0.3 is 0 Å². The molecule has 1 amide bonds. The van der Waals surface area contributed by atoms with Crippen molar-refractivity contribution in [2.75, 3.05) is 0 Å². The van der Waals surface area contributed by atoms with Crippen molar-refractivity contribution < 1.29 is 9.90 Å². The Bertz CT molecular complexity index is 1220. The molecule has 2 N–H and O–H groups in total. The third kappa shape index (κ3) is 4.27. The summed E-state index contributed by atoms with van der Waals surface area (Å²) >= 11 is 0. The van der Waals surface area contributed by atoms with Gasteiger partial charge in [0.2, 0.25) is 0 Å². The molecule has 3 aromatic heterocycles. The van der Waals surface area contributed by atoms with Crippen LogP contribution in [0.3, 0.4) is 0 Å². The average molecular weight is 427 g/mol. The van der Waals surface area contributed by atoms with Crippen LogP contribution in [0, 0.1) is 0 Å². The van der Waals surface area contributed by atoms with Crippen LogP contribution in [-0.2, 0) is 6.42 Å². The predicted octanol–water partition coefficient (Wildman–Crippen LogP) is 4.02. The van der Waals surface area contributed by atoms with E-state index in [0.29, 0.717) is 12.1 Å². The SMILES string of the molecule is O=C(N[C@@H]1CCCC[C@H]1O)c1cc(Cc2ccc(-c3ccncc3)cc2)c2cccn2n1. The second kappa shape index (κ2) is 8.93. The van der Waals surface area contributed by atoms with Gasteiger partial charge in [0.15, 0.2) is 0 Å². The molecule has 1 aromatic carbocycles. The Morgan fingerprint density at radius 2 is 1.78 bits per heavy atom. The summed E-state index contributed by atoms with van der Waals surface area (Å²) < 4.78 is 1.76. The molecule has 5 rings (SSSR count). The summed E-state index contributed by atoms with van der Waals surface area (Å²) in [4.78, 5) is 17.0. The highest BCUT2D eigenvalue weighted by Gasteiger charge is 2.25. The Morgan fingerprint density at radius 1 is 1.03 bits per heavy atom. The quantitative estimate of drug-likeness (QED) is 0.505. The van der Waals surface area contributed by atoms with Gasteiger partial charge in [-0.2, -0.15) is 5.10 Å². The van der Waals surface area contributed by atoms with Gasteiger partial charge in [0.05, 0.1) is 17.7 Å². The van der Waals surface area contributed by atoms with E-state index in [1.807, 2.05) is 36.5 Å². The van der Waals surface area contributed by atoms with Crippen LogP contribution in [0.25, 0.3) is 16.6 Å². The van der Waals surface area contributed by atoms with Crippen LogP contribution < -0.4 is 5.32 Å². The highest BCUT2D eigenvalue weighted by molar-refractivity contribution is 5.93. The molecule has 1 saturated carbocycles. The molecule has 0 spiro atoms.